The quantitative estimate of drug-likeness (QED) is 0.709. The lowest BCUT2D eigenvalue weighted by molar-refractivity contribution is -0.144. The number of carbonyl (C=O) groups is 1. The molecule has 0 aliphatic carbocycles. The van der Waals surface area contributed by atoms with E-state index < -0.39 is 11.5 Å². The normalized spacial score (nSPS) is 13.8. The fraction of sp³-hybridized carbons (Fsp3) is 0.533. The van der Waals surface area contributed by atoms with E-state index in [1.165, 1.54) is 5.56 Å². The van der Waals surface area contributed by atoms with Crippen LogP contribution in [0.25, 0.3) is 0 Å². The smallest absolute Gasteiger partial charge is 0.323 e. The summed E-state index contributed by atoms with van der Waals surface area (Å²) in [7, 11) is 0. The van der Waals surface area contributed by atoms with Gasteiger partial charge >= 0.3 is 5.97 Å². The third-order valence-electron chi connectivity index (χ3n) is 3.27. The number of hydrogen-bond donors (Lipinski definition) is 2. The predicted octanol–water partition coefficient (Wildman–Crippen LogP) is 2.61. The summed E-state index contributed by atoms with van der Waals surface area (Å²) in [6, 6.07) is 7.89. The van der Waals surface area contributed by atoms with Gasteiger partial charge in [-0.05, 0) is 50.9 Å². The first kappa shape index (κ1) is 15.5. The minimum absolute atomic E-state index is 0.557. The second-order valence-electron chi connectivity index (χ2n) is 4.94. The molecule has 0 aliphatic heterocycles. The first-order valence-electron chi connectivity index (χ1n) is 6.66. The van der Waals surface area contributed by atoms with Gasteiger partial charge < -0.3 is 15.2 Å². The second kappa shape index (κ2) is 7.14. The van der Waals surface area contributed by atoms with Crippen molar-refractivity contribution in [2.75, 3.05) is 13.2 Å². The van der Waals surface area contributed by atoms with Crippen molar-refractivity contribution in [2.45, 2.75) is 39.2 Å². The number of carboxylic acid groups (broad SMARTS) is 1. The summed E-state index contributed by atoms with van der Waals surface area (Å²) < 4.78 is 5.61. The zero-order valence-electron chi connectivity index (χ0n) is 11.9. The van der Waals surface area contributed by atoms with E-state index in [-0.39, 0.29) is 0 Å². The van der Waals surface area contributed by atoms with E-state index in [0.29, 0.717) is 19.6 Å². The Morgan fingerprint density at radius 3 is 2.79 bits per heavy atom. The minimum atomic E-state index is -0.844. The number of ether oxygens (including phenoxy) is 1. The van der Waals surface area contributed by atoms with E-state index in [2.05, 4.69) is 5.32 Å². The van der Waals surface area contributed by atoms with Crippen molar-refractivity contribution < 1.29 is 14.6 Å². The molecule has 0 radical (unpaired) electrons. The van der Waals surface area contributed by atoms with Crippen LogP contribution in [-0.2, 0) is 4.79 Å². The second-order valence-corrected chi connectivity index (χ2v) is 4.94. The molecule has 0 saturated heterocycles. The first-order valence-corrected chi connectivity index (χ1v) is 6.66. The third-order valence-corrected chi connectivity index (χ3v) is 3.27. The van der Waals surface area contributed by atoms with E-state index in [0.717, 1.165) is 12.2 Å². The highest BCUT2D eigenvalue weighted by atomic mass is 16.5. The van der Waals surface area contributed by atoms with E-state index in [4.69, 9.17) is 9.84 Å². The van der Waals surface area contributed by atoms with Crippen LogP contribution in [0.4, 0.5) is 0 Å². The van der Waals surface area contributed by atoms with Gasteiger partial charge in [0, 0.05) is 0 Å². The summed E-state index contributed by atoms with van der Waals surface area (Å²) in [5.41, 5.74) is 0.323. The average Bonchev–Trinajstić information content (AvgIpc) is 2.38. The summed E-state index contributed by atoms with van der Waals surface area (Å²) in [6.45, 7) is 6.80. The Labute approximate surface area is 114 Å². The number of aryl methyl sites for hydroxylation is 1. The van der Waals surface area contributed by atoms with Gasteiger partial charge in [-0.15, -0.1) is 0 Å². The van der Waals surface area contributed by atoms with E-state index >= 15 is 0 Å². The van der Waals surface area contributed by atoms with Crippen LogP contribution in [0.15, 0.2) is 24.3 Å². The van der Waals surface area contributed by atoms with Gasteiger partial charge in [0.15, 0.2) is 0 Å². The maximum atomic E-state index is 11.1. The van der Waals surface area contributed by atoms with Gasteiger partial charge in [-0.25, -0.2) is 0 Å². The molecule has 4 nitrogen and oxygen atoms in total. The number of benzene rings is 1. The lowest BCUT2D eigenvalue weighted by Crippen LogP contribution is -2.49. The molecule has 0 heterocycles. The molecule has 2 N–H and O–H groups in total. The zero-order chi connectivity index (χ0) is 14.3. The van der Waals surface area contributed by atoms with Gasteiger partial charge in [0.2, 0.25) is 0 Å². The molecule has 0 spiro atoms. The van der Waals surface area contributed by atoms with Crippen molar-refractivity contribution in [3.63, 3.8) is 0 Å². The molecule has 0 bridgehead atoms. The van der Waals surface area contributed by atoms with Crippen LogP contribution in [0, 0.1) is 6.92 Å². The highest BCUT2D eigenvalue weighted by Crippen LogP contribution is 2.13. The lowest BCUT2D eigenvalue weighted by atomic mass is 9.99. The molecule has 0 aliphatic rings. The molecule has 0 saturated carbocycles. The topological polar surface area (TPSA) is 58.6 Å². The highest BCUT2D eigenvalue weighted by Gasteiger charge is 2.29. The lowest BCUT2D eigenvalue weighted by Gasteiger charge is -2.24. The van der Waals surface area contributed by atoms with Crippen molar-refractivity contribution >= 4 is 5.97 Å². The molecule has 106 valence electrons. The molecule has 0 aromatic heterocycles. The van der Waals surface area contributed by atoms with E-state index in [9.17, 15) is 4.79 Å². The Morgan fingerprint density at radius 1 is 1.47 bits per heavy atom. The highest BCUT2D eigenvalue weighted by molar-refractivity contribution is 5.78. The van der Waals surface area contributed by atoms with Gasteiger partial charge in [0.1, 0.15) is 11.3 Å². The van der Waals surface area contributed by atoms with Crippen LogP contribution >= 0.6 is 0 Å². The summed E-state index contributed by atoms with van der Waals surface area (Å²) in [4.78, 5) is 11.1. The zero-order valence-corrected chi connectivity index (χ0v) is 11.9. The molecule has 4 heteroatoms. The standard InChI is InChI=1S/C15H23NO3/c1-4-15(3,14(17)18)16-9-6-10-19-13-8-5-7-12(2)11-13/h5,7-8,11,16H,4,6,9-10H2,1-3H3,(H,17,18). The summed E-state index contributed by atoms with van der Waals surface area (Å²) >= 11 is 0. The number of rotatable bonds is 8. The van der Waals surface area contributed by atoms with Crippen LogP contribution in [0.2, 0.25) is 0 Å². The Bertz CT molecular complexity index is 420. The van der Waals surface area contributed by atoms with Gasteiger partial charge in [-0.1, -0.05) is 19.1 Å². The van der Waals surface area contributed by atoms with Crippen LogP contribution in [0.1, 0.15) is 32.3 Å². The number of hydrogen-bond acceptors (Lipinski definition) is 3. The Balaban J connectivity index is 2.26. The van der Waals surface area contributed by atoms with Crippen molar-refractivity contribution in [1.29, 1.82) is 0 Å². The van der Waals surface area contributed by atoms with E-state index in [1.807, 2.05) is 38.1 Å². The van der Waals surface area contributed by atoms with Crippen molar-refractivity contribution in [3.05, 3.63) is 29.8 Å². The van der Waals surface area contributed by atoms with Gasteiger partial charge in [0.05, 0.1) is 6.61 Å². The molecule has 1 rings (SSSR count). The van der Waals surface area contributed by atoms with Crippen LogP contribution in [-0.4, -0.2) is 29.8 Å². The van der Waals surface area contributed by atoms with Gasteiger partial charge in [0.25, 0.3) is 0 Å². The molecule has 1 unspecified atom stereocenters. The molecular formula is C15H23NO3. The van der Waals surface area contributed by atoms with Crippen LogP contribution in [0.5, 0.6) is 5.75 Å². The Morgan fingerprint density at radius 2 is 2.21 bits per heavy atom. The maximum absolute atomic E-state index is 11.1. The van der Waals surface area contributed by atoms with Crippen LogP contribution in [0.3, 0.4) is 0 Å². The molecule has 1 aromatic rings. The molecule has 1 aromatic carbocycles. The molecule has 1 atom stereocenters. The van der Waals surface area contributed by atoms with Crippen molar-refractivity contribution in [3.8, 4) is 5.75 Å². The van der Waals surface area contributed by atoms with Crippen LogP contribution < -0.4 is 10.1 Å². The molecular weight excluding hydrogens is 242 g/mol. The maximum Gasteiger partial charge on any atom is 0.323 e. The summed E-state index contributed by atoms with van der Waals surface area (Å²) in [5.74, 6) is 0.0473. The summed E-state index contributed by atoms with van der Waals surface area (Å²) in [6.07, 6.45) is 1.33. The first-order chi connectivity index (χ1) is 8.98. The fourth-order valence-corrected chi connectivity index (χ4v) is 1.68. The fourth-order valence-electron chi connectivity index (χ4n) is 1.68. The van der Waals surface area contributed by atoms with E-state index in [1.54, 1.807) is 6.92 Å². The SMILES string of the molecule is CCC(C)(NCCCOc1cccc(C)c1)C(=O)O. The summed E-state index contributed by atoms with van der Waals surface area (Å²) in [5, 5.41) is 12.2. The monoisotopic (exact) mass is 265 g/mol. The average molecular weight is 265 g/mol. The largest absolute Gasteiger partial charge is 0.494 e. The number of aliphatic carboxylic acids is 1. The van der Waals surface area contributed by atoms with Gasteiger partial charge in [-0.3, -0.25) is 4.79 Å². The minimum Gasteiger partial charge on any atom is -0.494 e. The van der Waals surface area contributed by atoms with Gasteiger partial charge in [-0.2, -0.15) is 0 Å². The predicted molar refractivity (Wildman–Crippen MR) is 75.6 cm³/mol. The number of carboxylic acids is 1. The van der Waals surface area contributed by atoms with Crippen molar-refractivity contribution in [2.24, 2.45) is 0 Å². The Hall–Kier alpha value is -1.55. The molecule has 19 heavy (non-hydrogen) atoms. The molecule has 0 fully saturated rings. The van der Waals surface area contributed by atoms with Crippen molar-refractivity contribution in [1.82, 2.24) is 5.32 Å². The molecule has 0 amide bonds. The number of nitrogens with one attached hydrogen (secondary N) is 1. The Kier molecular flexibility index (Phi) is 5.83. The third kappa shape index (κ3) is 4.91.